The molecule has 3 rings (SSSR count). The first-order valence-electron chi connectivity index (χ1n) is 6.04. The molecule has 0 saturated carbocycles. The van der Waals surface area contributed by atoms with E-state index in [0.717, 1.165) is 32.4 Å². The molecule has 2 aliphatic heterocycles. The molecule has 100 valence electrons. The molecule has 0 spiro atoms. The molecular weight excluding hydrogens is 320 g/mol. The number of hydrogen-bond acceptors (Lipinski definition) is 3. The van der Waals surface area contributed by atoms with Gasteiger partial charge in [0.15, 0.2) is 10.4 Å². The number of fused-ring (bicyclic) bond motifs is 2. The van der Waals surface area contributed by atoms with Gasteiger partial charge in [-0.25, -0.2) is 0 Å². The van der Waals surface area contributed by atoms with Gasteiger partial charge >= 0.3 is 0 Å². The van der Waals surface area contributed by atoms with Gasteiger partial charge in [0, 0.05) is 18.6 Å². The summed E-state index contributed by atoms with van der Waals surface area (Å²) in [6, 6.07) is 4.22. The van der Waals surface area contributed by atoms with Crippen LogP contribution in [0.2, 0.25) is 0 Å². The number of rotatable bonds is 1. The lowest BCUT2D eigenvalue weighted by molar-refractivity contribution is 0.0646. The Morgan fingerprint density at radius 2 is 2.11 bits per heavy atom. The van der Waals surface area contributed by atoms with Gasteiger partial charge in [-0.2, -0.15) is 0 Å². The first-order chi connectivity index (χ1) is 8.25. The van der Waals surface area contributed by atoms with Crippen molar-refractivity contribution < 1.29 is 9.21 Å². The molecule has 2 aliphatic rings. The largest absolute Gasteiger partial charge is 0.444 e. The van der Waals surface area contributed by atoms with Gasteiger partial charge < -0.3 is 14.6 Å². The number of nitrogens with one attached hydrogen (secondary N) is 1. The van der Waals surface area contributed by atoms with E-state index in [-0.39, 0.29) is 18.3 Å². The Hall–Kier alpha value is -0.520. The molecule has 1 amide bonds. The molecule has 1 N–H and O–H groups in total. The van der Waals surface area contributed by atoms with E-state index in [4.69, 9.17) is 4.42 Å². The number of hydrogen-bond donors (Lipinski definition) is 1. The SMILES string of the molecule is Cl.O=C(c1ccc(Br)o1)N1C2CCNCC1CC2. The van der Waals surface area contributed by atoms with Gasteiger partial charge in [0.05, 0.1) is 0 Å². The van der Waals surface area contributed by atoms with Crippen molar-refractivity contribution in [1.82, 2.24) is 10.2 Å². The van der Waals surface area contributed by atoms with Crippen LogP contribution in [-0.4, -0.2) is 36.0 Å². The fourth-order valence-corrected chi connectivity index (χ4v) is 3.18. The van der Waals surface area contributed by atoms with Crippen LogP contribution in [-0.2, 0) is 0 Å². The molecule has 2 saturated heterocycles. The Balaban J connectivity index is 0.00000120. The number of halogens is 2. The molecule has 4 nitrogen and oxygen atoms in total. The Bertz CT molecular complexity index is 423. The molecule has 1 aromatic heterocycles. The van der Waals surface area contributed by atoms with E-state index in [1.807, 2.05) is 4.90 Å². The average molecular weight is 336 g/mol. The van der Waals surface area contributed by atoms with Crippen LogP contribution in [0.4, 0.5) is 0 Å². The fourth-order valence-electron chi connectivity index (χ4n) is 2.87. The van der Waals surface area contributed by atoms with Crippen LogP contribution in [0.1, 0.15) is 29.8 Å². The highest BCUT2D eigenvalue weighted by atomic mass is 79.9. The number of amides is 1. The molecule has 0 aliphatic carbocycles. The Kier molecular flexibility index (Phi) is 4.35. The monoisotopic (exact) mass is 334 g/mol. The van der Waals surface area contributed by atoms with Gasteiger partial charge in [-0.1, -0.05) is 0 Å². The second-order valence-corrected chi connectivity index (χ2v) is 5.48. The van der Waals surface area contributed by atoms with E-state index in [2.05, 4.69) is 21.2 Å². The highest BCUT2D eigenvalue weighted by Gasteiger charge is 2.39. The van der Waals surface area contributed by atoms with E-state index < -0.39 is 0 Å². The quantitative estimate of drug-likeness (QED) is 0.857. The molecular formula is C12H16BrClN2O2. The Morgan fingerprint density at radius 3 is 2.83 bits per heavy atom. The molecule has 0 radical (unpaired) electrons. The van der Waals surface area contributed by atoms with Crippen molar-refractivity contribution >= 4 is 34.2 Å². The molecule has 2 bridgehead atoms. The molecule has 2 fully saturated rings. The lowest BCUT2D eigenvalue weighted by Gasteiger charge is -2.26. The van der Waals surface area contributed by atoms with E-state index in [1.54, 1.807) is 12.1 Å². The third-order valence-electron chi connectivity index (χ3n) is 3.67. The van der Waals surface area contributed by atoms with E-state index in [9.17, 15) is 4.79 Å². The van der Waals surface area contributed by atoms with Gasteiger partial charge in [0.1, 0.15) is 0 Å². The molecule has 6 heteroatoms. The molecule has 3 heterocycles. The highest BCUT2D eigenvalue weighted by Crippen LogP contribution is 2.30. The molecule has 18 heavy (non-hydrogen) atoms. The van der Waals surface area contributed by atoms with Crippen molar-refractivity contribution in [3.8, 4) is 0 Å². The predicted molar refractivity (Wildman–Crippen MR) is 74.1 cm³/mol. The van der Waals surface area contributed by atoms with Crippen LogP contribution < -0.4 is 5.32 Å². The summed E-state index contributed by atoms with van der Waals surface area (Å²) in [7, 11) is 0. The summed E-state index contributed by atoms with van der Waals surface area (Å²) in [5.74, 6) is 0.475. The van der Waals surface area contributed by atoms with Crippen molar-refractivity contribution in [3.63, 3.8) is 0 Å². The van der Waals surface area contributed by atoms with E-state index in [0.29, 0.717) is 22.5 Å². The summed E-state index contributed by atoms with van der Waals surface area (Å²) >= 11 is 3.24. The Labute approximate surface area is 121 Å². The zero-order chi connectivity index (χ0) is 11.8. The maximum absolute atomic E-state index is 12.4. The van der Waals surface area contributed by atoms with Gasteiger partial charge in [-0.3, -0.25) is 4.79 Å². The van der Waals surface area contributed by atoms with E-state index in [1.165, 1.54) is 0 Å². The number of carbonyl (C=O) groups excluding carboxylic acids is 1. The summed E-state index contributed by atoms with van der Waals surface area (Å²) < 4.78 is 5.98. The summed E-state index contributed by atoms with van der Waals surface area (Å²) in [5, 5.41) is 3.39. The van der Waals surface area contributed by atoms with Gasteiger partial charge in [-0.05, 0) is 53.9 Å². The van der Waals surface area contributed by atoms with Crippen molar-refractivity contribution in [1.29, 1.82) is 0 Å². The minimum absolute atomic E-state index is 0. The van der Waals surface area contributed by atoms with Crippen molar-refractivity contribution in [2.24, 2.45) is 0 Å². The highest BCUT2D eigenvalue weighted by molar-refractivity contribution is 9.10. The molecule has 0 aromatic carbocycles. The predicted octanol–water partition coefficient (Wildman–Crippen LogP) is 2.43. The second-order valence-electron chi connectivity index (χ2n) is 4.69. The van der Waals surface area contributed by atoms with Crippen LogP contribution >= 0.6 is 28.3 Å². The normalized spacial score (nSPS) is 26.6. The van der Waals surface area contributed by atoms with Crippen LogP contribution in [0.5, 0.6) is 0 Å². The lowest BCUT2D eigenvalue weighted by Crippen LogP contribution is -2.42. The smallest absolute Gasteiger partial charge is 0.290 e. The summed E-state index contributed by atoms with van der Waals surface area (Å²) in [4.78, 5) is 14.4. The number of nitrogens with zero attached hydrogens (tertiary/aromatic N) is 1. The summed E-state index contributed by atoms with van der Waals surface area (Å²) in [6.07, 6.45) is 3.27. The van der Waals surface area contributed by atoms with Crippen LogP contribution in [0.15, 0.2) is 21.2 Å². The maximum Gasteiger partial charge on any atom is 0.290 e. The summed E-state index contributed by atoms with van der Waals surface area (Å²) in [5.41, 5.74) is 0. The first-order valence-corrected chi connectivity index (χ1v) is 6.84. The fraction of sp³-hybridized carbons (Fsp3) is 0.583. The zero-order valence-electron chi connectivity index (χ0n) is 9.89. The average Bonchev–Trinajstić information content (AvgIpc) is 2.81. The maximum atomic E-state index is 12.4. The van der Waals surface area contributed by atoms with Gasteiger partial charge in [-0.15, -0.1) is 12.4 Å². The topological polar surface area (TPSA) is 45.5 Å². The van der Waals surface area contributed by atoms with Crippen LogP contribution in [0.3, 0.4) is 0 Å². The minimum atomic E-state index is 0. The zero-order valence-corrected chi connectivity index (χ0v) is 12.3. The van der Waals surface area contributed by atoms with Crippen molar-refractivity contribution in [3.05, 3.63) is 22.6 Å². The second kappa shape index (κ2) is 5.63. The Morgan fingerprint density at radius 1 is 1.33 bits per heavy atom. The van der Waals surface area contributed by atoms with Crippen LogP contribution in [0, 0.1) is 0 Å². The molecule has 1 aromatic rings. The third-order valence-corrected chi connectivity index (χ3v) is 4.10. The van der Waals surface area contributed by atoms with Crippen molar-refractivity contribution in [2.45, 2.75) is 31.3 Å². The molecule has 2 unspecified atom stereocenters. The van der Waals surface area contributed by atoms with Crippen molar-refractivity contribution in [2.75, 3.05) is 13.1 Å². The van der Waals surface area contributed by atoms with Gasteiger partial charge in [0.2, 0.25) is 0 Å². The number of furan rings is 1. The van der Waals surface area contributed by atoms with E-state index >= 15 is 0 Å². The lowest BCUT2D eigenvalue weighted by atomic mass is 10.1. The van der Waals surface area contributed by atoms with Crippen LogP contribution in [0.25, 0.3) is 0 Å². The standard InChI is InChI=1S/C12H15BrN2O2.ClH/c13-11-4-3-10(17-11)12(16)15-8-1-2-9(15)7-14-6-5-8;/h3-4,8-9,14H,1-2,5-7H2;1H. The molecule has 2 atom stereocenters. The third kappa shape index (κ3) is 2.44. The minimum Gasteiger partial charge on any atom is -0.444 e. The summed E-state index contributed by atoms with van der Waals surface area (Å²) in [6.45, 7) is 1.91. The first kappa shape index (κ1) is 13.9. The number of carbonyl (C=O) groups is 1. The van der Waals surface area contributed by atoms with Gasteiger partial charge in [0.25, 0.3) is 5.91 Å².